The normalized spacial score (nSPS) is 13.2. The van der Waals surface area contributed by atoms with Crippen molar-refractivity contribution in [1.29, 1.82) is 0 Å². The predicted molar refractivity (Wildman–Crippen MR) is 81.6 cm³/mol. The van der Waals surface area contributed by atoms with Crippen molar-refractivity contribution >= 4 is 33.4 Å². The molecule has 0 aliphatic heterocycles. The first kappa shape index (κ1) is 16.5. The van der Waals surface area contributed by atoms with Crippen molar-refractivity contribution in [3.05, 3.63) is 33.3 Å². The summed E-state index contributed by atoms with van der Waals surface area (Å²) in [7, 11) is 0. The zero-order chi connectivity index (χ0) is 14.6. The number of benzene rings is 1. The van der Waals surface area contributed by atoms with Gasteiger partial charge in [-0.2, -0.15) is 0 Å². The standard InChI is InChI=1S/C14H19BrClNO2/c1-14(2,3)7-10(18)8-17-13(19)11-6-9(16)4-5-12(11)15/h4-6,10,18H,7-8H2,1-3H3,(H,17,19). The molecule has 0 saturated carbocycles. The van der Waals surface area contributed by atoms with Gasteiger partial charge in [0.2, 0.25) is 0 Å². The summed E-state index contributed by atoms with van der Waals surface area (Å²) in [5.74, 6) is -0.248. The van der Waals surface area contributed by atoms with Crippen LogP contribution in [0.25, 0.3) is 0 Å². The number of aliphatic hydroxyl groups is 1. The summed E-state index contributed by atoms with van der Waals surface area (Å²) in [6.45, 7) is 6.37. The van der Waals surface area contributed by atoms with Crippen molar-refractivity contribution in [2.45, 2.75) is 33.3 Å². The summed E-state index contributed by atoms with van der Waals surface area (Å²) in [6.07, 6.45) is 0.0752. The molecule has 19 heavy (non-hydrogen) atoms. The summed E-state index contributed by atoms with van der Waals surface area (Å²) in [5.41, 5.74) is 0.497. The molecule has 5 heteroatoms. The van der Waals surface area contributed by atoms with E-state index in [1.807, 2.05) is 20.8 Å². The maximum Gasteiger partial charge on any atom is 0.252 e. The number of nitrogens with one attached hydrogen (secondary N) is 1. The van der Waals surface area contributed by atoms with Crippen LogP contribution in [0, 0.1) is 5.41 Å². The molecule has 3 nitrogen and oxygen atoms in total. The van der Waals surface area contributed by atoms with Gasteiger partial charge in [0.25, 0.3) is 5.91 Å². The summed E-state index contributed by atoms with van der Waals surface area (Å²) in [6, 6.07) is 5.02. The Balaban J connectivity index is 2.58. The number of carbonyl (C=O) groups excluding carboxylic acids is 1. The van der Waals surface area contributed by atoms with Crippen LogP contribution >= 0.6 is 27.5 Å². The Morgan fingerprint density at radius 2 is 2.11 bits per heavy atom. The second-order valence-electron chi connectivity index (χ2n) is 5.75. The van der Waals surface area contributed by atoms with Gasteiger partial charge in [-0.3, -0.25) is 4.79 Å². The first-order valence-electron chi connectivity index (χ1n) is 6.10. The Morgan fingerprint density at radius 1 is 1.47 bits per heavy atom. The number of hydrogen-bond acceptors (Lipinski definition) is 2. The first-order valence-corrected chi connectivity index (χ1v) is 7.27. The zero-order valence-corrected chi connectivity index (χ0v) is 13.7. The minimum Gasteiger partial charge on any atom is -0.391 e. The fourth-order valence-electron chi connectivity index (χ4n) is 1.76. The summed E-state index contributed by atoms with van der Waals surface area (Å²) in [4.78, 5) is 12.0. The van der Waals surface area contributed by atoms with Gasteiger partial charge < -0.3 is 10.4 Å². The number of amides is 1. The summed E-state index contributed by atoms with van der Waals surface area (Å²) < 4.78 is 0.680. The Bertz CT molecular complexity index is 457. The lowest BCUT2D eigenvalue weighted by molar-refractivity contribution is 0.0868. The van der Waals surface area contributed by atoms with Crippen molar-refractivity contribution in [3.8, 4) is 0 Å². The van der Waals surface area contributed by atoms with Crippen LogP contribution in [0.1, 0.15) is 37.6 Å². The quantitative estimate of drug-likeness (QED) is 0.873. The van der Waals surface area contributed by atoms with Gasteiger partial charge in [0, 0.05) is 16.0 Å². The van der Waals surface area contributed by atoms with Crippen LogP contribution < -0.4 is 5.32 Å². The van der Waals surface area contributed by atoms with Crippen molar-refractivity contribution in [1.82, 2.24) is 5.32 Å². The van der Waals surface area contributed by atoms with Crippen molar-refractivity contribution in [2.24, 2.45) is 5.41 Å². The van der Waals surface area contributed by atoms with E-state index in [1.165, 1.54) is 0 Å². The molecule has 0 fully saturated rings. The molecular formula is C14H19BrClNO2. The zero-order valence-electron chi connectivity index (χ0n) is 11.3. The Hall–Kier alpha value is -0.580. The molecule has 0 bridgehead atoms. The molecule has 0 aliphatic rings. The second kappa shape index (κ2) is 6.73. The third-order valence-electron chi connectivity index (χ3n) is 2.52. The molecule has 1 rings (SSSR count). The van der Waals surface area contributed by atoms with Gasteiger partial charge >= 0.3 is 0 Å². The van der Waals surface area contributed by atoms with E-state index in [4.69, 9.17) is 11.6 Å². The Labute approximate surface area is 127 Å². The summed E-state index contributed by atoms with van der Waals surface area (Å²) >= 11 is 9.17. The molecule has 0 aliphatic carbocycles. The molecule has 1 unspecified atom stereocenters. The van der Waals surface area contributed by atoms with Crippen molar-refractivity contribution < 1.29 is 9.90 Å². The van der Waals surface area contributed by atoms with Gasteiger partial charge in [0.1, 0.15) is 0 Å². The largest absolute Gasteiger partial charge is 0.391 e. The van der Waals surface area contributed by atoms with Crippen molar-refractivity contribution in [3.63, 3.8) is 0 Å². The third-order valence-corrected chi connectivity index (χ3v) is 3.45. The maximum absolute atomic E-state index is 12.0. The minimum absolute atomic E-state index is 0.0286. The van der Waals surface area contributed by atoms with Crippen LogP contribution in [0.2, 0.25) is 5.02 Å². The van der Waals surface area contributed by atoms with E-state index in [0.29, 0.717) is 21.5 Å². The van der Waals surface area contributed by atoms with Gasteiger partial charge in [-0.1, -0.05) is 32.4 Å². The van der Waals surface area contributed by atoms with E-state index in [-0.39, 0.29) is 17.9 Å². The number of hydrogen-bond donors (Lipinski definition) is 2. The first-order chi connectivity index (χ1) is 8.69. The lowest BCUT2D eigenvalue weighted by atomic mass is 9.89. The highest BCUT2D eigenvalue weighted by Crippen LogP contribution is 2.22. The van der Waals surface area contributed by atoms with E-state index >= 15 is 0 Å². The Morgan fingerprint density at radius 3 is 2.68 bits per heavy atom. The number of carbonyl (C=O) groups is 1. The maximum atomic E-state index is 12.0. The monoisotopic (exact) mass is 347 g/mol. The molecule has 0 heterocycles. The lowest BCUT2D eigenvalue weighted by Crippen LogP contribution is -2.34. The van der Waals surface area contributed by atoms with Crippen LogP contribution in [0.5, 0.6) is 0 Å². The second-order valence-corrected chi connectivity index (χ2v) is 7.04. The SMILES string of the molecule is CC(C)(C)CC(O)CNC(=O)c1cc(Cl)ccc1Br. The van der Waals surface area contributed by atoms with E-state index in [9.17, 15) is 9.90 Å². The van der Waals surface area contributed by atoms with E-state index in [2.05, 4.69) is 21.2 Å². The molecule has 0 radical (unpaired) electrons. The van der Waals surface area contributed by atoms with Gasteiger partial charge in [-0.05, 0) is 46.0 Å². The highest BCUT2D eigenvalue weighted by molar-refractivity contribution is 9.10. The van der Waals surface area contributed by atoms with Gasteiger partial charge in [-0.15, -0.1) is 0 Å². The Kier molecular flexibility index (Phi) is 5.83. The third kappa shape index (κ3) is 5.93. The molecule has 1 atom stereocenters. The molecule has 2 N–H and O–H groups in total. The average Bonchev–Trinajstić information content (AvgIpc) is 2.27. The number of aliphatic hydroxyl groups excluding tert-OH is 1. The predicted octanol–water partition coefficient (Wildman–Crippen LogP) is 3.63. The van der Waals surface area contributed by atoms with Crippen LogP contribution in [0.3, 0.4) is 0 Å². The van der Waals surface area contributed by atoms with Crippen LogP contribution in [-0.4, -0.2) is 23.7 Å². The number of halogens is 2. The molecule has 0 spiro atoms. The van der Waals surface area contributed by atoms with E-state index < -0.39 is 6.10 Å². The molecule has 0 saturated heterocycles. The molecule has 0 aromatic heterocycles. The van der Waals surface area contributed by atoms with Crippen LogP contribution in [0.15, 0.2) is 22.7 Å². The highest BCUT2D eigenvalue weighted by atomic mass is 79.9. The topological polar surface area (TPSA) is 49.3 Å². The fourth-order valence-corrected chi connectivity index (χ4v) is 2.36. The fraction of sp³-hybridized carbons (Fsp3) is 0.500. The van der Waals surface area contributed by atoms with E-state index in [0.717, 1.165) is 0 Å². The molecule has 1 aromatic carbocycles. The van der Waals surface area contributed by atoms with Crippen LogP contribution in [0.4, 0.5) is 0 Å². The van der Waals surface area contributed by atoms with Gasteiger partial charge in [-0.25, -0.2) is 0 Å². The average molecular weight is 349 g/mol. The highest BCUT2D eigenvalue weighted by Gasteiger charge is 2.18. The smallest absolute Gasteiger partial charge is 0.252 e. The molecule has 1 aromatic rings. The lowest BCUT2D eigenvalue weighted by Gasteiger charge is -2.22. The molecule has 1 amide bonds. The number of rotatable bonds is 4. The molecular weight excluding hydrogens is 330 g/mol. The van der Waals surface area contributed by atoms with E-state index in [1.54, 1.807) is 18.2 Å². The minimum atomic E-state index is -0.554. The molecule has 106 valence electrons. The van der Waals surface area contributed by atoms with Crippen LogP contribution in [-0.2, 0) is 0 Å². The summed E-state index contributed by atoms with van der Waals surface area (Å²) in [5, 5.41) is 13.1. The van der Waals surface area contributed by atoms with Gasteiger partial charge in [0.15, 0.2) is 0 Å². The van der Waals surface area contributed by atoms with Gasteiger partial charge in [0.05, 0.1) is 11.7 Å². The van der Waals surface area contributed by atoms with Crippen molar-refractivity contribution in [2.75, 3.05) is 6.54 Å².